The van der Waals surface area contributed by atoms with Gasteiger partial charge in [-0.25, -0.2) is 19.3 Å². The summed E-state index contributed by atoms with van der Waals surface area (Å²) in [7, 11) is 0. The SMILES string of the molecule is Cc1nc2cc(Cl)ccc2c(=O)n1C(=S)NC(=O)Nc1nc2c(Cl)cccc2s1. The molecule has 2 amide bonds. The third-order valence-electron chi connectivity index (χ3n) is 4.01. The average Bonchev–Trinajstić information content (AvgIpc) is 3.04. The molecule has 4 aromatic rings. The first-order valence-corrected chi connectivity index (χ1v) is 10.2. The zero-order valence-corrected chi connectivity index (χ0v) is 17.8. The van der Waals surface area contributed by atoms with Crippen molar-refractivity contribution in [3.05, 3.63) is 62.6 Å². The molecule has 0 radical (unpaired) electrons. The second-order valence-electron chi connectivity index (χ2n) is 5.95. The predicted octanol–water partition coefficient (Wildman–Crippen LogP) is 4.58. The number of para-hydroxylation sites is 1. The minimum absolute atomic E-state index is 0.103. The number of nitrogens with one attached hydrogen (secondary N) is 2. The molecule has 0 spiro atoms. The molecule has 0 unspecified atom stereocenters. The molecule has 0 fully saturated rings. The summed E-state index contributed by atoms with van der Waals surface area (Å²) >= 11 is 18.6. The van der Waals surface area contributed by atoms with Gasteiger partial charge >= 0.3 is 6.03 Å². The number of aromatic nitrogens is 3. The van der Waals surface area contributed by atoms with Crippen molar-refractivity contribution in [3.8, 4) is 0 Å². The van der Waals surface area contributed by atoms with Gasteiger partial charge < -0.3 is 0 Å². The second-order valence-corrected chi connectivity index (χ2v) is 8.21. The number of hydrogen-bond acceptors (Lipinski definition) is 6. The van der Waals surface area contributed by atoms with Crippen molar-refractivity contribution in [3.63, 3.8) is 0 Å². The van der Waals surface area contributed by atoms with Crippen LogP contribution in [0.25, 0.3) is 21.1 Å². The van der Waals surface area contributed by atoms with Crippen LogP contribution in [0.1, 0.15) is 5.82 Å². The number of aryl methyl sites for hydroxylation is 1. The molecule has 0 bridgehead atoms. The fourth-order valence-electron chi connectivity index (χ4n) is 2.76. The van der Waals surface area contributed by atoms with Gasteiger partial charge in [0.1, 0.15) is 11.3 Å². The molecule has 2 aromatic heterocycles. The summed E-state index contributed by atoms with van der Waals surface area (Å²) in [5, 5.41) is 6.62. The van der Waals surface area contributed by atoms with Gasteiger partial charge in [0.15, 0.2) is 10.2 Å². The third-order valence-corrected chi connectivity index (χ3v) is 5.77. The van der Waals surface area contributed by atoms with Crippen molar-refractivity contribution in [2.45, 2.75) is 6.92 Å². The normalized spacial score (nSPS) is 11.0. The Kier molecular flexibility index (Phi) is 5.22. The molecule has 0 aliphatic rings. The lowest BCUT2D eigenvalue weighted by Crippen LogP contribution is -2.42. The molecule has 2 aromatic carbocycles. The van der Waals surface area contributed by atoms with Gasteiger partial charge in [0, 0.05) is 5.02 Å². The number of thiocarbonyl (C=S) groups is 1. The third kappa shape index (κ3) is 3.82. The lowest BCUT2D eigenvalue weighted by atomic mass is 10.2. The summed E-state index contributed by atoms with van der Waals surface area (Å²) in [6, 6.07) is 9.49. The predicted molar refractivity (Wildman–Crippen MR) is 121 cm³/mol. The molecule has 0 saturated heterocycles. The van der Waals surface area contributed by atoms with Crippen LogP contribution in [0.5, 0.6) is 0 Å². The number of nitrogens with zero attached hydrogens (tertiary/aromatic N) is 3. The Hall–Kier alpha value is -2.59. The molecule has 146 valence electrons. The van der Waals surface area contributed by atoms with Crippen molar-refractivity contribution in [1.82, 2.24) is 19.9 Å². The Bertz CT molecular complexity index is 1370. The molecule has 0 atom stereocenters. The first-order chi connectivity index (χ1) is 13.8. The number of carbonyl (C=O) groups is 1. The minimum atomic E-state index is -0.632. The van der Waals surface area contributed by atoms with Crippen LogP contribution in [-0.4, -0.2) is 25.7 Å². The number of rotatable bonds is 1. The largest absolute Gasteiger partial charge is 0.327 e. The maximum absolute atomic E-state index is 12.8. The highest BCUT2D eigenvalue weighted by atomic mass is 35.5. The molecular formula is C18H11Cl2N5O2S2. The molecule has 2 N–H and O–H groups in total. The Balaban J connectivity index is 1.58. The van der Waals surface area contributed by atoms with Crippen molar-refractivity contribution in [2.24, 2.45) is 0 Å². The molecule has 0 saturated carbocycles. The zero-order chi connectivity index (χ0) is 20.7. The van der Waals surface area contributed by atoms with Gasteiger partial charge in [-0.05, 0) is 49.5 Å². The van der Waals surface area contributed by atoms with E-state index < -0.39 is 11.6 Å². The summed E-state index contributed by atoms with van der Waals surface area (Å²) in [6.07, 6.45) is 0. The quantitative estimate of drug-likeness (QED) is 0.403. The van der Waals surface area contributed by atoms with E-state index in [2.05, 4.69) is 20.6 Å². The van der Waals surface area contributed by atoms with Gasteiger partial charge in [0.2, 0.25) is 0 Å². The summed E-state index contributed by atoms with van der Waals surface area (Å²) in [6.45, 7) is 1.61. The van der Waals surface area contributed by atoms with E-state index in [-0.39, 0.29) is 5.11 Å². The monoisotopic (exact) mass is 463 g/mol. The van der Waals surface area contributed by atoms with Gasteiger partial charge in [0.25, 0.3) is 5.56 Å². The van der Waals surface area contributed by atoms with E-state index >= 15 is 0 Å². The lowest BCUT2D eigenvalue weighted by molar-refractivity contribution is 0.256. The van der Waals surface area contributed by atoms with Crippen LogP contribution in [-0.2, 0) is 0 Å². The highest BCUT2D eigenvalue weighted by Gasteiger charge is 2.16. The van der Waals surface area contributed by atoms with E-state index in [4.69, 9.17) is 35.4 Å². The number of thiazole rings is 1. The minimum Gasteiger partial charge on any atom is -0.284 e. The number of fused-ring (bicyclic) bond motifs is 2. The van der Waals surface area contributed by atoms with Crippen LogP contribution in [0.4, 0.5) is 9.93 Å². The van der Waals surface area contributed by atoms with Gasteiger partial charge in [-0.2, -0.15) is 0 Å². The van der Waals surface area contributed by atoms with E-state index in [9.17, 15) is 9.59 Å². The molecule has 4 rings (SSSR count). The number of benzene rings is 2. The topological polar surface area (TPSA) is 88.9 Å². The summed E-state index contributed by atoms with van der Waals surface area (Å²) in [5.74, 6) is 0.321. The standard InChI is InChI=1S/C18H11Cl2N5O2S2/c1-8-21-12-7-9(19)5-6-10(12)15(26)25(8)18(28)24-16(27)23-17-22-14-11(20)3-2-4-13(14)29-17/h2-7H,1H3,(H2,22,23,24,27,28). The maximum atomic E-state index is 12.8. The summed E-state index contributed by atoms with van der Waals surface area (Å²) in [4.78, 5) is 33.8. The molecule has 11 heteroatoms. The Labute approximate surface area is 183 Å². The van der Waals surface area contributed by atoms with E-state index in [1.807, 2.05) is 6.07 Å². The van der Waals surface area contributed by atoms with Crippen molar-refractivity contribution in [2.75, 3.05) is 5.32 Å². The van der Waals surface area contributed by atoms with E-state index in [0.29, 0.717) is 37.4 Å². The van der Waals surface area contributed by atoms with Gasteiger partial charge in [0.05, 0.1) is 20.6 Å². The fraction of sp³-hybridized carbons (Fsp3) is 0.0556. The molecule has 2 heterocycles. The van der Waals surface area contributed by atoms with E-state index in [0.717, 1.165) is 9.27 Å². The Morgan fingerprint density at radius 2 is 2.00 bits per heavy atom. The van der Waals surface area contributed by atoms with Crippen LogP contribution in [0.15, 0.2) is 41.2 Å². The van der Waals surface area contributed by atoms with Gasteiger partial charge in [-0.1, -0.05) is 40.6 Å². The Morgan fingerprint density at radius 3 is 2.76 bits per heavy atom. The smallest absolute Gasteiger partial charge is 0.284 e. The number of hydrogen-bond donors (Lipinski definition) is 2. The number of carbonyl (C=O) groups excluding carboxylic acids is 1. The van der Waals surface area contributed by atoms with Crippen LogP contribution < -0.4 is 16.2 Å². The number of halogens is 2. The highest BCUT2D eigenvalue weighted by Crippen LogP contribution is 2.30. The number of anilines is 1. The first kappa shape index (κ1) is 19.7. The van der Waals surface area contributed by atoms with Crippen LogP contribution in [0.2, 0.25) is 10.0 Å². The molecule has 7 nitrogen and oxygen atoms in total. The average molecular weight is 464 g/mol. The molecular weight excluding hydrogens is 453 g/mol. The maximum Gasteiger partial charge on any atom is 0.327 e. The Morgan fingerprint density at radius 1 is 1.21 bits per heavy atom. The van der Waals surface area contributed by atoms with Crippen LogP contribution in [0, 0.1) is 6.92 Å². The molecule has 0 aliphatic carbocycles. The molecule has 29 heavy (non-hydrogen) atoms. The number of urea groups is 1. The highest BCUT2D eigenvalue weighted by molar-refractivity contribution is 7.80. The van der Waals surface area contributed by atoms with Crippen molar-refractivity contribution >= 4 is 84.2 Å². The zero-order valence-electron chi connectivity index (χ0n) is 14.7. The lowest BCUT2D eigenvalue weighted by Gasteiger charge is -2.12. The van der Waals surface area contributed by atoms with E-state index in [1.165, 1.54) is 11.3 Å². The van der Waals surface area contributed by atoms with Crippen molar-refractivity contribution < 1.29 is 4.79 Å². The van der Waals surface area contributed by atoms with E-state index in [1.54, 1.807) is 37.3 Å². The number of amides is 2. The first-order valence-electron chi connectivity index (χ1n) is 8.20. The van der Waals surface area contributed by atoms with Gasteiger partial charge in [-0.3, -0.25) is 15.4 Å². The summed E-state index contributed by atoms with van der Waals surface area (Å²) < 4.78 is 1.99. The molecule has 0 aliphatic heterocycles. The van der Waals surface area contributed by atoms with Crippen LogP contribution in [0.3, 0.4) is 0 Å². The van der Waals surface area contributed by atoms with Crippen LogP contribution >= 0.6 is 46.8 Å². The summed E-state index contributed by atoms with van der Waals surface area (Å²) in [5.41, 5.74) is 0.651. The van der Waals surface area contributed by atoms with Gasteiger partial charge in [-0.15, -0.1) is 0 Å². The fourth-order valence-corrected chi connectivity index (χ4v) is 4.39. The second kappa shape index (κ2) is 7.68. The van der Waals surface area contributed by atoms with Crippen molar-refractivity contribution in [1.29, 1.82) is 0 Å².